The van der Waals surface area contributed by atoms with Crippen molar-refractivity contribution in [1.82, 2.24) is 13.5 Å². The van der Waals surface area contributed by atoms with Crippen LogP contribution in [0.1, 0.15) is 25.7 Å². The Kier molecular flexibility index (Phi) is 5.01. The zero-order valence-electron chi connectivity index (χ0n) is 13.1. The molecule has 0 aromatic carbocycles. The van der Waals surface area contributed by atoms with E-state index in [0.29, 0.717) is 19.0 Å². The van der Waals surface area contributed by atoms with E-state index in [9.17, 15) is 13.2 Å². The third kappa shape index (κ3) is 3.77. The van der Waals surface area contributed by atoms with Crippen LogP contribution in [-0.2, 0) is 14.6 Å². The fourth-order valence-corrected chi connectivity index (χ4v) is 5.68. The minimum atomic E-state index is -2.91. The second-order valence-electron chi connectivity index (χ2n) is 6.64. The third-order valence-electron chi connectivity index (χ3n) is 4.80. The molecule has 3 saturated heterocycles. The first-order valence-electron chi connectivity index (χ1n) is 8.09. The Bertz CT molecular complexity index is 513. The highest BCUT2D eigenvalue weighted by Gasteiger charge is 2.37. The molecule has 3 aliphatic heterocycles. The molecule has 0 aromatic heterocycles. The van der Waals surface area contributed by atoms with Crippen LogP contribution in [0.25, 0.3) is 0 Å². The lowest BCUT2D eigenvalue weighted by Crippen LogP contribution is -2.53. The van der Waals surface area contributed by atoms with Gasteiger partial charge in [0.2, 0.25) is 5.91 Å². The summed E-state index contributed by atoms with van der Waals surface area (Å²) in [5.74, 6) is 0.437. The largest absolute Gasteiger partial charge is 0.342 e. The first-order chi connectivity index (χ1) is 10.4. The summed E-state index contributed by atoms with van der Waals surface area (Å²) < 4.78 is 27.2. The average Bonchev–Trinajstić information content (AvgIpc) is 2.94. The van der Waals surface area contributed by atoms with Gasteiger partial charge in [0.05, 0.1) is 11.2 Å². The van der Waals surface area contributed by atoms with E-state index in [-0.39, 0.29) is 11.2 Å². The molecule has 6 nitrogen and oxygen atoms in total. The van der Waals surface area contributed by atoms with Crippen molar-refractivity contribution in [3.63, 3.8) is 0 Å². The van der Waals surface area contributed by atoms with Gasteiger partial charge in [0.15, 0.2) is 9.84 Å². The van der Waals surface area contributed by atoms with E-state index in [0.717, 1.165) is 51.9 Å². The van der Waals surface area contributed by atoms with Gasteiger partial charge in [0.25, 0.3) is 0 Å². The van der Waals surface area contributed by atoms with Gasteiger partial charge in [-0.2, -0.15) is 0 Å². The smallest absolute Gasteiger partial charge is 0.227 e. The van der Waals surface area contributed by atoms with Gasteiger partial charge < -0.3 is 4.90 Å². The van der Waals surface area contributed by atoms with Gasteiger partial charge in [-0.1, -0.05) is 0 Å². The summed E-state index contributed by atoms with van der Waals surface area (Å²) in [5, 5.41) is -0.216. The monoisotopic (exact) mass is 347 g/mol. The van der Waals surface area contributed by atoms with Crippen LogP contribution >= 0.6 is 12.1 Å². The predicted molar refractivity (Wildman–Crippen MR) is 87.9 cm³/mol. The van der Waals surface area contributed by atoms with Crippen molar-refractivity contribution in [2.75, 3.05) is 45.5 Å². The van der Waals surface area contributed by atoms with E-state index < -0.39 is 9.84 Å². The Labute approximate surface area is 137 Å². The van der Waals surface area contributed by atoms with Gasteiger partial charge in [-0.3, -0.25) is 4.79 Å². The maximum atomic E-state index is 12.5. The van der Waals surface area contributed by atoms with Gasteiger partial charge in [-0.05, 0) is 25.7 Å². The molecule has 0 saturated carbocycles. The van der Waals surface area contributed by atoms with Gasteiger partial charge in [0, 0.05) is 57.7 Å². The molecule has 3 fully saturated rings. The van der Waals surface area contributed by atoms with Crippen LogP contribution in [0.2, 0.25) is 0 Å². The van der Waals surface area contributed by atoms with Crippen molar-refractivity contribution >= 4 is 27.9 Å². The van der Waals surface area contributed by atoms with Crippen molar-refractivity contribution in [3.05, 3.63) is 0 Å². The Balaban J connectivity index is 1.46. The van der Waals surface area contributed by atoms with Crippen LogP contribution in [0.3, 0.4) is 0 Å². The second kappa shape index (κ2) is 6.67. The van der Waals surface area contributed by atoms with E-state index in [2.05, 4.69) is 8.61 Å². The Morgan fingerprint density at radius 3 is 2.32 bits per heavy atom. The van der Waals surface area contributed by atoms with Crippen LogP contribution in [0.5, 0.6) is 0 Å². The standard InChI is InChI=1S/C14H25N3O3S2/c1-22(19,20)13-10-17(11-13)21-16-8-4-5-12(9-16)14(18)15-6-2-3-7-15/h12-13H,2-11H2,1H3. The molecule has 0 aliphatic carbocycles. The van der Waals surface area contributed by atoms with Crippen molar-refractivity contribution in [1.29, 1.82) is 0 Å². The number of likely N-dealkylation sites (tertiary alicyclic amines) is 1. The number of carbonyl (C=O) groups is 1. The molecule has 0 N–H and O–H groups in total. The maximum absolute atomic E-state index is 12.5. The highest BCUT2D eigenvalue weighted by molar-refractivity contribution is 7.95. The van der Waals surface area contributed by atoms with Crippen LogP contribution in [-0.4, -0.2) is 78.6 Å². The van der Waals surface area contributed by atoms with E-state index >= 15 is 0 Å². The van der Waals surface area contributed by atoms with E-state index in [1.165, 1.54) is 6.26 Å². The molecule has 0 radical (unpaired) electrons. The van der Waals surface area contributed by atoms with E-state index in [4.69, 9.17) is 0 Å². The molecule has 8 heteroatoms. The molecule has 1 amide bonds. The van der Waals surface area contributed by atoms with Crippen molar-refractivity contribution in [3.8, 4) is 0 Å². The number of piperidine rings is 1. The van der Waals surface area contributed by atoms with Gasteiger partial charge in [-0.25, -0.2) is 17.0 Å². The predicted octanol–water partition coefficient (Wildman–Crippen LogP) is 0.613. The van der Waals surface area contributed by atoms with Crippen LogP contribution in [0.15, 0.2) is 0 Å². The minimum absolute atomic E-state index is 0.117. The third-order valence-corrected chi connectivity index (χ3v) is 7.40. The van der Waals surface area contributed by atoms with Crippen molar-refractivity contribution in [2.45, 2.75) is 30.9 Å². The van der Waals surface area contributed by atoms with Crippen LogP contribution in [0, 0.1) is 5.92 Å². The van der Waals surface area contributed by atoms with Gasteiger partial charge >= 0.3 is 0 Å². The lowest BCUT2D eigenvalue weighted by atomic mass is 9.98. The highest BCUT2D eigenvalue weighted by Crippen LogP contribution is 2.31. The fourth-order valence-electron chi connectivity index (χ4n) is 3.32. The normalized spacial score (nSPS) is 28.8. The zero-order valence-corrected chi connectivity index (χ0v) is 14.7. The molecule has 3 aliphatic rings. The summed E-state index contributed by atoms with van der Waals surface area (Å²) in [6.07, 6.45) is 5.61. The maximum Gasteiger partial charge on any atom is 0.227 e. The summed E-state index contributed by atoms with van der Waals surface area (Å²) in [6, 6.07) is 0. The molecule has 126 valence electrons. The van der Waals surface area contributed by atoms with E-state index in [1.54, 1.807) is 12.1 Å². The highest BCUT2D eigenvalue weighted by atomic mass is 32.2. The Morgan fingerprint density at radius 2 is 1.68 bits per heavy atom. The van der Waals surface area contributed by atoms with Gasteiger partial charge in [0.1, 0.15) is 0 Å². The number of hydrogen-bond acceptors (Lipinski definition) is 6. The molecule has 0 spiro atoms. The first kappa shape index (κ1) is 16.5. The average molecular weight is 348 g/mol. The first-order valence-corrected chi connectivity index (χ1v) is 10.8. The lowest BCUT2D eigenvalue weighted by molar-refractivity contribution is -0.135. The second-order valence-corrected chi connectivity index (χ2v) is 10.2. The molecule has 3 rings (SSSR count). The fraction of sp³-hybridized carbons (Fsp3) is 0.929. The molecule has 22 heavy (non-hydrogen) atoms. The molecular formula is C14H25N3O3S2. The van der Waals surface area contributed by atoms with Crippen LogP contribution in [0.4, 0.5) is 0 Å². The number of sulfone groups is 1. The quantitative estimate of drug-likeness (QED) is 0.695. The molecule has 1 unspecified atom stereocenters. The Morgan fingerprint density at radius 1 is 1.00 bits per heavy atom. The van der Waals surface area contributed by atoms with Crippen molar-refractivity contribution < 1.29 is 13.2 Å². The van der Waals surface area contributed by atoms with Crippen LogP contribution < -0.4 is 0 Å². The minimum Gasteiger partial charge on any atom is -0.342 e. The molecule has 1 atom stereocenters. The van der Waals surface area contributed by atoms with E-state index in [1.807, 2.05) is 4.90 Å². The summed E-state index contributed by atoms with van der Waals surface area (Å²) in [6.45, 7) is 4.82. The molecule has 3 heterocycles. The molecule has 0 bridgehead atoms. The summed E-state index contributed by atoms with van der Waals surface area (Å²) in [4.78, 5) is 14.5. The SMILES string of the molecule is CS(=O)(=O)C1CN(SN2CCCC(C(=O)N3CCCC3)C2)C1. The van der Waals surface area contributed by atoms with Gasteiger partial charge in [-0.15, -0.1) is 0 Å². The Hall–Kier alpha value is -0.310. The molecule has 0 aromatic rings. The zero-order chi connectivity index (χ0) is 15.7. The number of nitrogens with zero attached hydrogens (tertiary/aromatic N) is 3. The number of carbonyl (C=O) groups excluding carboxylic acids is 1. The summed E-state index contributed by atoms with van der Waals surface area (Å²) in [7, 11) is -2.91. The lowest BCUT2D eigenvalue weighted by Gasteiger charge is -2.41. The topological polar surface area (TPSA) is 60.9 Å². The number of rotatable bonds is 4. The summed E-state index contributed by atoms with van der Waals surface area (Å²) in [5.41, 5.74) is 0. The summed E-state index contributed by atoms with van der Waals surface area (Å²) >= 11 is 1.62. The van der Waals surface area contributed by atoms with Crippen molar-refractivity contribution in [2.24, 2.45) is 5.92 Å². The molecular weight excluding hydrogens is 322 g/mol. The number of amides is 1. The number of hydrogen-bond donors (Lipinski definition) is 0.